The van der Waals surface area contributed by atoms with Gasteiger partial charge < -0.3 is 10.1 Å². The molecule has 5 atom stereocenters. The monoisotopic (exact) mass is 418 g/mol. The second-order valence-electron chi connectivity index (χ2n) is 8.96. The van der Waals surface area contributed by atoms with Crippen molar-refractivity contribution < 1.29 is 13.9 Å². The molecular weight excluding hydrogens is 391 g/mol. The van der Waals surface area contributed by atoms with Crippen LogP contribution in [0.4, 0.5) is 10.1 Å². The molecule has 2 aromatic carbocycles. The van der Waals surface area contributed by atoms with E-state index in [2.05, 4.69) is 17.2 Å². The predicted octanol–water partition coefficient (Wildman–Crippen LogP) is 5.75. The van der Waals surface area contributed by atoms with E-state index in [0.29, 0.717) is 28.9 Å². The van der Waals surface area contributed by atoms with E-state index in [1.54, 1.807) is 12.3 Å². The normalized spacial score (nSPS) is 25.1. The van der Waals surface area contributed by atoms with Crippen LogP contribution in [0.3, 0.4) is 0 Å². The van der Waals surface area contributed by atoms with Gasteiger partial charge >= 0.3 is 0 Å². The van der Waals surface area contributed by atoms with Crippen LogP contribution < -0.4 is 10.1 Å². The van der Waals surface area contributed by atoms with Gasteiger partial charge in [-0.3, -0.25) is 9.78 Å². The number of rotatable bonds is 6. The minimum atomic E-state index is -0.287. The molecule has 4 nitrogen and oxygen atoms in total. The molecule has 2 aliphatic rings. The van der Waals surface area contributed by atoms with Crippen molar-refractivity contribution in [1.82, 2.24) is 4.98 Å². The SMILES string of the molecule is CCC(C(=O)Nc1ccc(C)cc1)C1[C@H]2CC(Oc3ccnc4ccc(F)cc34)C[C@@H]12. The maximum absolute atomic E-state index is 13.7. The Kier molecular flexibility index (Phi) is 5.12. The first-order valence-electron chi connectivity index (χ1n) is 11.1. The molecule has 5 heteroatoms. The lowest BCUT2D eigenvalue weighted by atomic mass is 9.93. The quantitative estimate of drug-likeness (QED) is 0.554. The Morgan fingerprint density at radius 1 is 1.16 bits per heavy atom. The minimum Gasteiger partial charge on any atom is -0.490 e. The lowest BCUT2D eigenvalue weighted by Gasteiger charge is -2.21. The fourth-order valence-corrected chi connectivity index (χ4v) is 5.41. The molecule has 0 spiro atoms. The molecule has 1 heterocycles. The molecule has 2 fully saturated rings. The summed E-state index contributed by atoms with van der Waals surface area (Å²) >= 11 is 0. The second kappa shape index (κ2) is 7.95. The molecule has 0 bridgehead atoms. The molecular formula is C26H27FN2O2. The lowest BCUT2D eigenvalue weighted by molar-refractivity contribution is -0.121. The van der Waals surface area contributed by atoms with E-state index in [0.717, 1.165) is 30.5 Å². The number of hydrogen-bond acceptors (Lipinski definition) is 3. The van der Waals surface area contributed by atoms with Gasteiger partial charge in [0.2, 0.25) is 5.91 Å². The Balaban J connectivity index is 1.22. The number of anilines is 1. The van der Waals surface area contributed by atoms with Gasteiger partial charge in [0.15, 0.2) is 0 Å². The Hall–Kier alpha value is -2.95. The van der Waals surface area contributed by atoms with E-state index in [1.165, 1.54) is 17.7 Å². The van der Waals surface area contributed by atoms with Crippen molar-refractivity contribution in [3.8, 4) is 5.75 Å². The summed E-state index contributed by atoms with van der Waals surface area (Å²) in [6, 6.07) is 14.3. The summed E-state index contributed by atoms with van der Waals surface area (Å²) in [5.74, 6) is 2.06. The number of amides is 1. The zero-order valence-electron chi connectivity index (χ0n) is 17.8. The van der Waals surface area contributed by atoms with Crippen molar-refractivity contribution in [3.63, 3.8) is 0 Å². The van der Waals surface area contributed by atoms with Gasteiger partial charge in [0.1, 0.15) is 11.6 Å². The Morgan fingerprint density at radius 3 is 2.61 bits per heavy atom. The summed E-state index contributed by atoms with van der Waals surface area (Å²) < 4.78 is 20.0. The number of hydrogen-bond donors (Lipinski definition) is 1. The molecule has 2 saturated carbocycles. The highest BCUT2D eigenvalue weighted by Crippen LogP contribution is 2.62. The molecule has 0 radical (unpaired) electrons. The number of fused-ring (bicyclic) bond motifs is 2. The highest BCUT2D eigenvalue weighted by molar-refractivity contribution is 5.93. The zero-order valence-corrected chi connectivity index (χ0v) is 17.8. The number of carbonyl (C=O) groups is 1. The second-order valence-corrected chi connectivity index (χ2v) is 8.96. The minimum absolute atomic E-state index is 0.0353. The van der Waals surface area contributed by atoms with Crippen molar-refractivity contribution in [2.24, 2.45) is 23.7 Å². The molecule has 0 aliphatic heterocycles. The van der Waals surface area contributed by atoms with Gasteiger partial charge in [0.25, 0.3) is 0 Å². The fourth-order valence-electron chi connectivity index (χ4n) is 5.41. The topological polar surface area (TPSA) is 51.2 Å². The van der Waals surface area contributed by atoms with Crippen LogP contribution in [0.5, 0.6) is 5.75 Å². The van der Waals surface area contributed by atoms with Crippen LogP contribution in [0.25, 0.3) is 10.9 Å². The van der Waals surface area contributed by atoms with Gasteiger partial charge in [-0.1, -0.05) is 24.6 Å². The average molecular weight is 419 g/mol. The van der Waals surface area contributed by atoms with E-state index in [4.69, 9.17) is 4.74 Å². The van der Waals surface area contributed by atoms with Crippen molar-refractivity contribution in [2.75, 3.05) is 5.32 Å². The van der Waals surface area contributed by atoms with E-state index in [1.807, 2.05) is 37.3 Å². The number of aromatic nitrogens is 1. The Labute approximate surface area is 181 Å². The predicted molar refractivity (Wildman–Crippen MR) is 119 cm³/mol. The Morgan fingerprint density at radius 2 is 1.90 bits per heavy atom. The van der Waals surface area contributed by atoms with Crippen molar-refractivity contribution in [2.45, 2.75) is 39.2 Å². The number of nitrogens with zero attached hydrogens (tertiary/aromatic N) is 1. The highest BCUT2D eigenvalue weighted by Gasteiger charge is 2.60. The van der Waals surface area contributed by atoms with Gasteiger partial charge in [-0.05, 0) is 80.3 Å². The van der Waals surface area contributed by atoms with Crippen molar-refractivity contribution in [1.29, 1.82) is 0 Å². The Bertz CT molecular complexity index is 1100. The van der Waals surface area contributed by atoms with Gasteiger partial charge in [-0.25, -0.2) is 4.39 Å². The van der Waals surface area contributed by atoms with Crippen LogP contribution in [-0.2, 0) is 4.79 Å². The number of benzene rings is 2. The van der Waals surface area contributed by atoms with Gasteiger partial charge in [0.05, 0.1) is 11.6 Å². The zero-order chi connectivity index (χ0) is 21.5. The maximum Gasteiger partial charge on any atom is 0.227 e. The number of halogens is 1. The molecule has 1 amide bonds. The summed E-state index contributed by atoms with van der Waals surface area (Å²) in [4.78, 5) is 17.2. The summed E-state index contributed by atoms with van der Waals surface area (Å²) in [7, 11) is 0. The third-order valence-corrected chi connectivity index (χ3v) is 6.99. The van der Waals surface area contributed by atoms with Gasteiger partial charge in [-0.2, -0.15) is 0 Å². The summed E-state index contributed by atoms with van der Waals surface area (Å²) in [5, 5.41) is 3.81. The third-order valence-electron chi connectivity index (χ3n) is 6.99. The standard InChI is InChI=1S/C26H27FN2O2/c1-3-19(26(30)29-17-7-4-15(2)5-8-17)25-20-13-18(14-21(20)25)31-24-10-11-28-23-9-6-16(27)12-22(23)24/h4-12,18-21,25H,3,13-14H2,1-2H3,(H,29,30)/t18?,19?,20-,21+,25?. The lowest BCUT2D eigenvalue weighted by Crippen LogP contribution is -2.27. The molecule has 31 heavy (non-hydrogen) atoms. The third kappa shape index (κ3) is 3.89. The van der Waals surface area contributed by atoms with Crippen LogP contribution in [-0.4, -0.2) is 17.0 Å². The number of pyridine rings is 1. The van der Waals surface area contributed by atoms with Crippen molar-refractivity contribution in [3.05, 3.63) is 66.1 Å². The molecule has 0 saturated heterocycles. The molecule has 5 rings (SSSR count). The van der Waals surface area contributed by atoms with Crippen LogP contribution >= 0.6 is 0 Å². The summed E-state index contributed by atoms with van der Waals surface area (Å²) in [6.07, 6.45) is 4.55. The van der Waals surface area contributed by atoms with Crippen LogP contribution in [0.1, 0.15) is 31.7 Å². The maximum atomic E-state index is 13.7. The first-order chi connectivity index (χ1) is 15.0. The van der Waals surface area contributed by atoms with E-state index >= 15 is 0 Å². The number of nitrogens with one attached hydrogen (secondary N) is 1. The molecule has 1 aromatic heterocycles. The number of aryl methyl sites for hydroxylation is 1. The van der Waals surface area contributed by atoms with Crippen LogP contribution in [0, 0.1) is 36.4 Å². The van der Waals surface area contributed by atoms with Gasteiger partial charge in [0, 0.05) is 23.2 Å². The number of ether oxygens (including phenoxy) is 1. The van der Waals surface area contributed by atoms with Crippen LogP contribution in [0.2, 0.25) is 0 Å². The first-order valence-corrected chi connectivity index (χ1v) is 11.1. The average Bonchev–Trinajstić information content (AvgIpc) is 3.23. The first kappa shape index (κ1) is 20.0. The molecule has 1 N–H and O–H groups in total. The summed E-state index contributed by atoms with van der Waals surface area (Å²) in [6.45, 7) is 4.13. The van der Waals surface area contributed by atoms with E-state index in [9.17, 15) is 9.18 Å². The fraction of sp³-hybridized carbons (Fsp3) is 0.385. The number of carbonyl (C=O) groups excluding carboxylic acids is 1. The summed E-state index contributed by atoms with van der Waals surface area (Å²) in [5.41, 5.74) is 2.77. The van der Waals surface area contributed by atoms with Gasteiger partial charge in [-0.15, -0.1) is 0 Å². The highest BCUT2D eigenvalue weighted by atomic mass is 19.1. The molecule has 2 aliphatic carbocycles. The molecule has 3 aromatic rings. The molecule has 160 valence electrons. The van der Waals surface area contributed by atoms with Crippen molar-refractivity contribution >= 4 is 22.5 Å². The molecule has 3 unspecified atom stereocenters. The largest absolute Gasteiger partial charge is 0.490 e. The van der Waals surface area contributed by atoms with E-state index < -0.39 is 0 Å². The van der Waals surface area contributed by atoms with Crippen LogP contribution in [0.15, 0.2) is 54.7 Å². The smallest absolute Gasteiger partial charge is 0.227 e. The van der Waals surface area contributed by atoms with E-state index in [-0.39, 0.29) is 23.7 Å².